The van der Waals surface area contributed by atoms with Crippen LogP contribution in [0.5, 0.6) is 5.75 Å². The van der Waals surface area contributed by atoms with Crippen LogP contribution in [0.3, 0.4) is 0 Å². The first kappa shape index (κ1) is 16.2. The van der Waals surface area contributed by atoms with E-state index in [0.29, 0.717) is 18.8 Å². The van der Waals surface area contributed by atoms with Gasteiger partial charge in [-0.25, -0.2) is 4.79 Å². The van der Waals surface area contributed by atoms with Gasteiger partial charge in [0.2, 0.25) is 0 Å². The molecule has 2 rings (SSSR count). The van der Waals surface area contributed by atoms with Crippen LogP contribution in [0.1, 0.15) is 30.1 Å². The number of hydrogen-bond acceptors (Lipinski definition) is 5. The number of carbonyl (C=O) groups is 1. The highest BCUT2D eigenvalue weighted by Crippen LogP contribution is 2.32. The van der Waals surface area contributed by atoms with Crippen molar-refractivity contribution in [2.24, 2.45) is 5.41 Å². The molecule has 1 aliphatic heterocycles. The van der Waals surface area contributed by atoms with Gasteiger partial charge >= 0.3 is 5.97 Å². The average molecular weight is 310 g/mol. The zero-order valence-corrected chi connectivity index (χ0v) is 13.2. The van der Waals surface area contributed by atoms with Gasteiger partial charge in [-0.15, -0.1) is 0 Å². The van der Waals surface area contributed by atoms with Crippen molar-refractivity contribution in [2.45, 2.75) is 19.8 Å². The van der Waals surface area contributed by atoms with E-state index < -0.39 is 0 Å². The van der Waals surface area contributed by atoms with Crippen molar-refractivity contribution in [1.82, 2.24) is 0 Å². The second kappa shape index (κ2) is 7.71. The van der Waals surface area contributed by atoms with Gasteiger partial charge in [-0.1, -0.05) is 0 Å². The quantitative estimate of drug-likeness (QED) is 0.648. The third-order valence-electron chi connectivity index (χ3n) is 3.80. The van der Waals surface area contributed by atoms with Gasteiger partial charge in [-0.2, -0.15) is 12.6 Å². The van der Waals surface area contributed by atoms with E-state index in [1.54, 1.807) is 31.2 Å². The van der Waals surface area contributed by atoms with Crippen LogP contribution >= 0.6 is 12.6 Å². The molecule has 1 aromatic rings. The molecule has 0 N–H and O–H groups in total. The van der Waals surface area contributed by atoms with Gasteiger partial charge in [-0.05, 0) is 49.8 Å². The monoisotopic (exact) mass is 310 g/mol. The standard InChI is InChI=1S/C16H22O4S/c1-2-19-15(17)13-3-5-14(6-4-13)20-11-16(12-21)7-9-18-10-8-16/h3-6,21H,2,7-12H2,1H3. The SMILES string of the molecule is CCOC(=O)c1ccc(OCC2(CS)CCOCC2)cc1. The maximum atomic E-state index is 11.6. The molecule has 0 atom stereocenters. The van der Waals surface area contributed by atoms with Crippen molar-refractivity contribution in [2.75, 3.05) is 32.2 Å². The lowest BCUT2D eigenvalue weighted by molar-refractivity contribution is 0.00309. The smallest absolute Gasteiger partial charge is 0.338 e. The second-order valence-corrected chi connectivity index (χ2v) is 5.62. The fourth-order valence-corrected chi connectivity index (χ4v) is 2.70. The summed E-state index contributed by atoms with van der Waals surface area (Å²) < 4.78 is 16.2. The van der Waals surface area contributed by atoms with Crippen molar-refractivity contribution in [3.63, 3.8) is 0 Å². The van der Waals surface area contributed by atoms with E-state index in [4.69, 9.17) is 14.2 Å². The maximum Gasteiger partial charge on any atom is 0.338 e. The topological polar surface area (TPSA) is 44.8 Å². The van der Waals surface area contributed by atoms with Crippen LogP contribution < -0.4 is 4.74 Å². The predicted molar refractivity (Wildman–Crippen MR) is 84.2 cm³/mol. The summed E-state index contributed by atoms with van der Waals surface area (Å²) in [6.45, 7) is 4.33. The van der Waals surface area contributed by atoms with E-state index >= 15 is 0 Å². The Morgan fingerprint density at radius 1 is 1.29 bits per heavy atom. The first-order valence-corrected chi connectivity index (χ1v) is 7.91. The molecule has 0 unspecified atom stereocenters. The van der Waals surface area contributed by atoms with Gasteiger partial charge in [0.1, 0.15) is 5.75 Å². The highest BCUT2D eigenvalue weighted by Gasteiger charge is 2.32. The van der Waals surface area contributed by atoms with Crippen LogP contribution in [-0.2, 0) is 9.47 Å². The van der Waals surface area contributed by atoms with Crippen molar-refractivity contribution >= 4 is 18.6 Å². The van der Waals surface area contributed by atoms with Crippen molar-refractivity contribution < 1.29 is 19.0 Å². The zero-order valence-electron chi connectivity index (χ0n) is 12.3. The number of hydrogen-bond donors (Lipinski definition) is 1. The summed E-state index contributed by atoms with van der Waals surface area (Å²) in [5.74, 6) is 1.24. The number of rotatable bonds is 6. The largest absolute Gasteiger partial charge is 0.493 e. The van der Waals surface area contributed by atoms with Gasteiger partial charge in [-0.3, -0.25) is 0 Å². The molecule has 1 fully saturated rings. The Hall–Kier alpha value is -1.20. The van der Waals surface area contributed by atoms with E-state index in [1.807, 2.05) is 0 Å². The second-order valence-electron chi connectivity index (χ2n) is 5.30. The minimum absolute atomic E-state index is 0.0845. The molecular weight excluding hydrogens is 288 g/mol. The van der Waals surface area contributed by atoms with Crippen molar-refractivity contribution in [3.8, 4) is 5.75 Å². The van der Waals surface area contributed by atoms with Crippen LogP contribution in [0.4, 0.5) is 0 Å². The van der Waals surface area contributed by atoms with Crippen LogP contribution in [-0.4, -0.2) is 38.1 Å². The van der Waals surface area contributed by atoms with E-state index in [2.05, 4.69) is 12.6 Å². The Morgan fingerprint density at radius 2 is 1.95 bits per heavy atom. The first-order chi connectivity index (χ1) is 10.2. The minimum atomic E-state index is -0.305. The molecule has 0 aliphatic carbocycles. The Morgan fingerprint density at radius 3 is 2.52 bits per heavy atom. The Kier molecular flexibility index (Phi) is 5.94. The van der Waals surface area contributed by atoms with Crippen molar-refractivity contribution in [1.29, 1.82) is 0 Å². The third kappa shape index (κ3) is 4.38. The summed E-state index contributed by atoms with van der Waals surface area (Å²) in [6, 6.07) is 7.06. The molecule has 0 aromatic heterocycles. The molecule has 5 heteroatoms. The first-order valence-electron chi connectivity index (χ1n) is 7.28. The average Bonchev–Trinajstić information content (AvgIpc) is 2.54. The van der Waals surface area contributed by atoms with Gasteiger partial charge in [0, 0.05) is 18.6 Å². The van der Waals surface area contributed by atoms with E-state index in [9.17, 15) is 4.79 Å². The summed E-state index contributed by atoms with van der Waals surface area (Å²) in [5.41, 5.74) is 0.625. The molecule has 1 saturated heterocycles. The van der Waals surface area contributed by atoms with Gasteiger partial charge in [0.05, 0.1) is 18.8 Å². The number of thiol groups is 1. The lowest BCUT2D eigenvalue weighted by Gasteiger charge is -2.35. The van der Waals surface area contributed by atoms with Gasteiger partial charge in [0.25, 0.3) is 0 Å². The lowest BCUT2D eigenvalue weighted by Crippen LogP contribution is -2.36. The fourth-order valence-electron chi connectivity index (χ4n) is 2.29. The summed E-state index contributed by atoms with van der Waals surface area (Å²) in [5, 5.41) is 0. The normalized spacial score (nSPS) is 17.2. The zero-order chi connectivity index (χ0) is 15.1. The van der Waals surface area contributed by atoms with Crippen LogP contribution in [0.2, 0.25) is 0 Å². The Bertz CT molecular complexity index is 452. The van der Waals surface area contributed by atoms with Gasteiger partial charge in [0.15, 0.2) is 0 Å². The molecule has 0 spiro atoms. The Balaban J connectivity index is 1.92. The number of ether oxygens (including phenoxy) is 3. The number of esters is 1. The summed E-state index contributed by atoms with van der Waals surface area (Å²) in [6.07, 6.45) is 1.94. The molecule has 21 heavy (non-hydrogen) atoms. The molecule has 0 saturated carbocycles. The van der Waals surface area contributed by atoms with E-state index in [0.717, 1.165) is 37.6 Å². The highest BCUT2D eigenvalue weighted by molar-refractivity contribution is 7.80. The van der Waals surface area contributed by atoms with Crippen LogP contribution in [0.15, 0.2) is 24.3 Å². The maximum absolute atomic E-state index is 11.6. The molecule has 1 heterocycles. The van der Waals surface area contributed by atoms with Crippen LogP contribution in [0.25, 0.3) is 0 Å². The highest BCUT2D eigenvalue weighted by atomic mass is 32.1. The molecule has 4 nitrogen and oxygen atoms in total. The molecule has 0 bridgehead atoms. The summed E-state index contributed by atoms with van der Waals surface area (Å²) in [4.78, 5) is 11.6. The molecule has 1 aliphatic rings. The summed E-state index contributed by atoms with van der Waals surface area (Å²) >= 11 is 4.47. The van der Waals surface area contributed by atoms with E-state index in [-0.39, 0.29) is 11.4 Å². The molecule has 116 valence electrons. The van der Waals surface area contributed by atoms with E-state index in [1.165, 1.54) is 0 Å². The minimum Gasteiger partial charge on any atom is -0.493 e. The van der Waals surface area contributed by atoms with Gasteiger partial charge < -0.3 is 14.2 Å². The number of benzene rings is 1. The van der Waals surface area contributed by atoms with Crippen molar-refractivity contribution in [3.05, 3.63) is 29.8 Å². The molecule has 0 amide bonds. The van der Waals surface area contributed by atoms with Crippen LogP contribution in [0, 0.1) is 5.41 Å². The lowest BCUT2D eigenvalue weighted by atomic mass is 9.83. The predicted octanol–water partition coefficient (Wildman–Crippen LogP) is 2.97. The molecule has 0 radical (unpaired) electrons. The Labute approximate surface area is 131 Å². The fraction of sp³-hybridized carbons (Fsp3) is 0.562. The number of carbonyl (C=O) groups excluding carboxylic acids is 1. The molecule has 1 aromatic carbocycles. The molecular formula is C16H22O4S. The third-order valence-corrected chi connectivity index (χ3v) is 4.47. The summed E-state index contributed by atoms with van der Waals surface area (Å²) in [7, 11) is 0.